The molecule has 1 aliphatic heterocycles. The highest BCUT2D eigenvalue weighted by Gasteiger charge is 2.25. The van der Waals surface area contributed by atoms with Gasteiger partial charge in [-0.05, 0) is 56.9 Å². The van der Waals surface area contributed by atoms with E-state index in [-0.39, 0.29) is 26.1 Å². The zero-order chi connectivity index (χ0) is 20.5. The molecule has 1 heterocycles. The fourth-order valence-electron chi connectivity index (χ4n) is 3.11. The third-order valence-electron chi connectivity index (χ3n) is 4.44. The van der Waals surface area contributed by atoms with Crippen LogP contribution >= 0.6 is 0 Å². The highest BCUT2D eigenvalue weighted by Crippen LogP contribution is 2.27. The Balaban J connectivity index is 2.10. The van der Waals surface area contributed by atoms with E-state index in [0.29, 0.717) is 12.1 Å². The molecule has 152 valence electrons. The van der Waals surface area contributed by atoms with Gasteiger partial charge in [0.1, 0.15) is 6.04 Å². The van der Waals surface area contributed by atoms with E-state index in [9.17, 15) is 19.2 Å². The first-order chi connectivity index (χ1) is 13.5. The third-order valence-corrected chi connectivity index (χ3v) is 4.44. The fraction of sp³-hybridized carbons (Fsp3) is 0.500. The lowest BCUT2D eigenvalue weighted by atomic mass is 9.99. The van der Waals surface area contributed by atoms with Crippen LogP contribution in [0.5, 0.6) is 0 Å². The Kier molecular flexibility index (Phi) is 7.98. The predicted octanol–water partition coefficient (Wildman–Crippen LogP) is 1.60. The van der Waals surface area contributed by atoms with Crippen LogP contribution in [-0.4, -0.2) is 50.1 Å². The van der Waals surface area contributed by atoms with Gasteiger partial charge in [-0.25, -0.2) is 4.79 Å². The van der Waals surface area contributed by atoms with Gasteiger partial charge in [0.15, 0.2) is 0 Å². The molecule has 1 unspecified atom stereocenters. The number of rotatable bonds is 9. The highest BCUT2D eigenvalue weighted by molar-refractivity contribution is 5.97. The number of hydrogen-bond donors (Lipinski definition) is 1. The van der Waals surface area contributed by atoms with Gasteiger partial charge in [-0.1, -0.05) is 0 Å². The molecule has 2 rings (SSSR count). The largest absolute Gasteiger partial charge is 0.466 e. The number of esters is 2. The van der Waals surface area contributed by atoms with Crippen LogP contribution in [0.2, 0.25) is 0 Å². The molecule has 0 aliphatic carbocycles. The van der Waals surface area contributed by atoms with Crippen molar-refractivity contribution in [3.05, 3.63) is 29.3 Å². The van der Waals surface area contributed by atoms with Gasteiger partial charge in [-0.2, -0.15) is 0 Å². The van der Waals surface area contributed by atoms with Crippen LogP contribution in [0.15, 0.2) is 18.2 Å². The summed E-state index contributed by atoms with van der Waals surface area (Å²) >= 11 is 0. The minimum atomic E-state index is -0.945. The van der Waals surface area contributed by atoms with Crippen molar-refractivity contribution < 1.29 is 28.7 Å². The van der Waals surface area contributed by atoms with Gasteiger partial charge in [0.2, 0.25) is 6.41 Å². The predicted molar refractivity (Wildman–Crippen MR) is 102 cm³/mol. The maximum absolute atomic E-state index is 12.7. The molecule has 1 N–H and O–H groups in total. The van der Waals surface area contributed by atoms with Crippen molar-refractivity contribution in [2.75, 3.05) is 24.7 Å². The molecule has 0 radical (unpaired) electrons. The van der Waals surface area contributed by atoms with E-state index in [1.54, 1.807) is 36.9 Å². The van der Waals surface area contributed by atoms with Crippen molar-refractivity contribution in [1.82, 2.24) is 5.32 Å². The van der Waals surface area contributed by atoms with Crippen LogP contribution in [-0.2, 0) is 30.3 Å². The Labute approximate surface area is 164 Å². The molecule has 1 aliphatic rings. The van der Waals surface area contributed by atoms with Crippen molar-refractivity contribution in [2.45, 2.75) is 45.6 Å². The number of hydrogen-bond acceptors (Lipinski definition) is 6. The van der Waals surface area contributed by atoms with E-state index in [1.807, 2.05) is 0 Å². The summed E-state index contributed by atoms with van der Waals surface area (Å²) in [5.41, 5.74) is 2.09. The average Bonchev–Trinajstić information content (AvgIpc) is 2.70. The number of aryl methyl sites for hydroxylation is 1. The first-order valence-corrected chi connectivity index (χ1v) is 9.48. The number of carbonyl (C=O) groups excluding carboxylic acids is 4. The topological polar surface area (TPSA) is 102 Å². The summed E-state index contributed by atoms with van der Waals surface area (Å²) in [5.74, 6) is -1.47. The van der Waals surface area contributed by atoms with E-state index in [4.69, 9.17) is 9.47 Å². The van der Waals surface area contributed by atoms with Crippen molar-refractivity contribution in [2.24, 2.45) is 0 Å². The number of nitrogens with zero attached hydrogens (tertiary/aromatic N) is 1. The zero-order valence-electron chi connectivity index (χ0n) is 16.2. The van der Waals surface area contributed by atoms with Gasteiger partial charge in [0, 0.05) is 24.2 Å². The normalized spacial score (nSPS) is 13.9. The first-order valence-electron chi connectivity index (χ1n) is 9.48. The first kappa shape index (κ1) is 21.4. The van der Waals surface area contributed by atoms with Crippen molar-refractivity contribution in [3.8, 4) is 0 Å². The van der Waals surface area contributed by atoms with Crippen LogP contribution in [0.1, 0.15) is 49.0 Å². The van der Waals surface area contributed by atoms with E-state index in [2.05, 4.69) is 5.32 Å². The fourth-order valence-corrected chi connectivity index (χ4v) is 3.11. The van der Waals surface area contributed by atoms with Crippen LogP contribution in [0.25, 0.3) is 0 Å². The highest BCUT2D eigenvalue weighted by atomic mass is 16.5. The molecule has 28 heavy (non-hydrogen) atoms. The lowest BCUT2D eigenvalue weighted by molar-refractivity contribution is -0.146. The zero-order valence-corrected chi connectivity index (χ0v) is 16.2. The maximum Gasteiger partial charge on any atom is 0.328 e. The number of fused-ring (bicyclic) bond motifs is 1. The molecular weight excluding hydrogens is 364 g/mol. The second-order valence-corrected chi connectivity index (χ2v) is 6.37. The number of nitrogens with one attached hydrogen (secondary N) is 1. The quantitative estimate of drug-likeness (QED) is 0.508. The summed E-state index contributed by atoms with van der Waals surface area (Å²) in [7, 11) is 0. The Morgan fingerprint density at radius 1 is 1.21 bits per heavy atom. The summed E-state index contributed by atoms with van der Waals surface area (Å²) in [6.45, 7) is 4.45. The minimum Gasteiger partial charge on any atom is -0.466 e. The molecule has 0 spiro atoms. The number of carbonyl (C=O) groups is 4. The minimum absolute atomic E-state index is 0.00389. The third kappa shape index (κ3) is 5.55. The molecule has 1 aromatic rings. The smallest absolute Gasteiger partial charge is 0.328 e. The van der Waals surface area contributed by atoms with E-state index >= 15 is 0 Å². The number of ether oxygens (including phenoxy) is 2. The molecule has 8 nitrogen and oxygen atoms in total. The molecule has 2 amide bonds. The summed E-state index contributed by atoms with van der Waals surface area (Å²) in [6, 6.07) is 4.13. The van der Waals surface area contributed by atoms with Crippen molar-refractivity contribution >= 4 is 29.9 Å². The van der Waals surface area contributed by atoms with Gasteiger partial charge in [-0.3, -0.25) is 14.4 Å². The lowest BCUT2D eigenvalue weighted by Crippen LogP contribution is -2.42. The summed E-state index contributed by atoms with van der Waals surface area (Å²) in [6.07, 6.45) is 2.46. The molecular formula is C20H26N2O6. The Bertz CT molecular complexity index is 733. The molecule has 0 fully saturated rings. The van der Waals surface area contributed by atoms with Gasteiger partial charge >= 0.3 is 11.9 Å². The van der Waals surface area contributed by atoms with E-state index in [0.717, 1.165) is 30.5 Å². The molecule has 1 atom stereocenters. The molecule has 0 saturated carbocycles. The number of benzene rings is 1. The molecule has 0 aromatic heterocycles. The second-order valence-electron chi connectivity index (χ2n) is 6.37. The Hall–Kier alpha value is -2.90. The summed E-state index contributed by atoms with van der Waals surface area (Å²) in [5, 5.41) is 2.64. The van der Waals surface area contributed by atoms with Crippen molar-refractivity contribution in [3.63, 3.8) is 0 Å². The lowest BCUT2D eigenvalue weighted by Gasteiger charge is -2.26. The van der Waals surface area contributed by atoms with E-state index < -0.39 is 23.9 Å². The average molecular weight is 390 g/mol. The standard InChI is InChI=1S/C20H26N2O6/c1-3-27-18(24)10-8-16(20(26)28-4-2)21-19(25)15-7-9-17-14(12-15)6-5-11-22(17)13-23/h7,9,12-13,16H,3-6,8,10-11H2,1-2H3,(H,21,25). The molecule has 1 aromatic carbocycles. The Morgan fingerprint density at radius 2 is 1.96 bits per heavy atom. The van der Waals surface area contributed by atoms with Crippen molar-refractivity contribution in [1.29, 1.82) is 0 Å². The van der Waals surface area contributed by atoms with Crippen LogP contribution in [0.4, 0.5) is 5.69 Å². The number of anilines is 1. The van der Waals surface area contributed by atoms with E-state index in [1.165, 1.54) is 0 Å². The van der Waals surface area contributed by atoms with Crippen LogP contribution < -0.4 is 10.2 Å². The molecule has 0 saturated heterocycles. The van der Waals surface area contributed by atoms with Gasteiger partial charge < -0.3 is 19.7 Å². The summed E-state index contributed by atoms with van der Waals surface area (Å²) < 4.78 is 9.87. The van der Waals surface area contributed by atoms with Gasteiger partial charge in [0.25, 0.3) is 5.91 Å². The monoisotopic (exact) mass is 390 g/mol. The van der Waals surface area contributed by atoms with Gasteiger partial charge in [0.05, 0.1) is 13.2 Å². The second kappa shape index (κ2) is 10.4. The molecule has 8 heteroatoms. The summed E-state index contributed by atoms with van der Waals surface area (Å²) in [4.78, 5) is 49.2. The SMILES string of the molecule is CCOC(=O)CCC(NC(=O)c1ccc2c(c1)CCCN2C=O)C(=O)OCC. The van der Waals surface area contributed by atoms with Gasteiger partial charge in [-0.15, -0.1) is 0 Å². The van der Waals surface area contributed by atoms with Crippen LogP contribution in [0, 0.1) is 0 Å². The van der Waals surface area contributed by atoms with Crippen LogP contribution in [0.3, 0.4) is 0 Å². The molecule has 0 bridgehead atoms. The number of amides is 2. The maximum atomic E-state index is 12.7. The Morgan fingerprint density at radius 3 is 2.64 bits per heavy atom.